The summed E-state index contributed by atoms with van der Waals surface area (Å²) in [5.74, 6) is 0.139. The van der Waals surface area contributed by atoms with Crippen LogP contribution in [0.15, 0.2) is 0 Å². The predicted octanol–water partition coefficient (Wildman–Crippen LogP) is 1.59. The van der Waals surface area contributed by atoms with Gasteiger partial charge in [0.15, 0.2) is 0 Å². The molecule has 0 spiro atoms. The van der Waals surface area contributed by atoms with Gasteiger partial charge in [-0.15, -0.1) is 0 Å². The van der Waals surface area contributed by atoms with Crippen molar-refractivity contribution in [1.82, 2.24) is 10.6 Å². The van der Waals surface area contributed by atoms with Crippen molar-refractivity contribution in [2.75, 3.05) is 19.7 Å². The average molecular weight is 254 g/mol. The van der Waals surface area contributed by atoms with E-state index in [2.05, 4.69) is 10.6 Å². The molecule has 0 unspecified atom stereocenters. The van der Waals surface area contributed by atoms with Crippen LogP contribution in [0.2, 0.25) is 0 Å². The van der Waals surface area contributed by atoms with Crippen molar-refractivity contribution in [2.24, 2.45) is 0 Å². The maximum atomic E-state index is 11.8. The van der Waals surface area contributed by atoms with Gasteiger partial charge >= 0.3 is 0 Å². The third kappa shape index (κ3) is 4.94. The Morgan fingerprint density at radius 2 is 1.83 bits per heavy atom. The van der Waals surface area contributed by atoms with Crippen molar-refractivity contribution in [1.29, 1.82) is 0 Å². The summed E-state index contributed by atoms with van der Waals surface area (Å²) in [7, 11) is 0. The van der Waals surface area contributed by atoms with E-state index in [0.717, 1.165) is 38.8 Å². The van der Waals surface area contributed by atoms with Gasteiger partial charge in [-0.1, -0.05) is 25.7 Å². The standard InChI is InChI=1S/C14H26N2O2/c17-14(11-15-10-13-8-5-9-18-13)16-12-6-3-1-2-4-7-12/h12-13,15H,1-11H2,(H,16,17)/t13-/m1/s1. The summed E-state index contributed by atoms with van der Waals surface area (Å²) in [6, 6.07) is 0.407. The van der Waals surface area contributed by atoms with E-state index in [4.69, 9.17) is 4.74 Å². The molecule has 0 aromatic carbocycles. The number of ether oxygens (including phenoxy) is 1. The Hall–Kier alpha value is -0.610. The highest BCUT2D eigenvalue weighted by Crippen LogP contribution is 2.17. The highest BCUT2D eigenvalue weighted by atomic mass is 16.5. The first-order valence-electron chi connectivity index (χ1n) is 7.46. The molecule has 2 N–H and O–H groups in total. The normalized spacial score (nSPS) is 25.9. The summed E-state index contributed by atoms with van der Waals surface area (Å²) in [6.07, 6.45) is 10.1. The van der Waals surface area contributed by atoms with Gasteiger partial charge in [-0.25, -0.2) is 0 Å². The van der Waals surface area contributed by atoms with Crippen LogP contribution < -0.4 is 10.6 Å². The molecule has 1 amide bonds. The highest BCUT2D eigenvalue weighted by molar-refractivity contribution is 5.78. The minimum atomic E-state index is 0.139. The van der Waals surface area contributed by atoms with Crippen molar-refractivity contribution in [3.8, 4) is 0 Å². The molecular weight excluding hydrogens is 228 g/mol. The molecule has 0 aromatic heterocycles. The Morgan fingerprint density at radius 3 is 2.50 bits per heavy atom. The average Bonchev–Trinajstić information content (AvgIpc) is 2.74. The Kier molecular flexibility index (Phi) is 5.94. The fraction of sp³-hybridized carbons (Fsp3) is 0.929. The first-order valence-corrected chi connectivity index (χ1v) is 7.46. The van der Waals surface area contributed by atoms with E-state index in [1.54, 1.807) is 0 Å². The van der Waals surface area contributed by atoms with Gasteiger partial charge < -0.3 is 15.4 Å². The molecule has 1 atom stereocenters. The first-order chi connectivity index (χ1) is 8.84. The second-order valence-electron chi connectivity index (χ2n) is 5.52. The first kappa shape index (κ1) is 13.8. The van der Waals surface area contributed by atoms with Crippen LogP contribution in [0, 0.1) is 0 Å². The summed E-state index contributed by atoms with van der Waals surface area (Å²) in [4.78, 5) is 11.8. The quantitative estimate of drug-likeness (QED) is 0.733. The lowest BCUT2D eigenvalue weighted by Gasteiger charge is -2.17. The van der Waals surface area contributed by atoms with Gasteiger partial charge in [0.2, 0.25) is 5.91 Å². The van der Waals surface area contributed by atoms with E-state index in [1.807, 2.05) is 0 Å². The van der Waals surface area contributed by atoms with Gasteiger partial charge in [-0.3, -0.25) is 4.79 Å². The number of hydrogen-bond acceptors (Lipinski definition) is 3. The summed E-state index contributed by atoms with van der Waals surface area (Å²) in [5.41, 5.74) is 0. The molecule has 1 heterocycles. The molecule has 2 fully saturated rings. The molecule has 4 nitrogen and oxygen atoms in total. The SMILES string of the molecule is O=C(CNC[C@H]1CCCO1)NC1CCCCCC1. The topological polar surface area (TPSA) is 50.4 Å². The second-order valence-corrected chi connectivity index (χ2v) is 5.52. The zero-order valence-electron chi connectivity index (χ0n) is 11.2. The van der Waals surface area contributed by atoms with Crippen molar-refractivity contribution >= 4 is 5.91 Å². The van der Waals surface area contributed by atoms with Crippen LogP contribution >= 0.6 is 0 Å². The van der Waals surface area contributed by atoms with Gasteiger partial charge in [0.25, 0.3) is 0 Å². The molecule has 0 bridgehead atoms. The third-order valence-electron chi connectivity index (χ3n) is 3.90. The lowest BCUT2D eigenvalue weighted by molar-refractivity contribution is -0.121. The maximum absolute atomic E-state index is 11.8. The Morgan fingerprint density at radius 1 is 1.06 bits per heavy atom. The van der Waals surface area contributed by atoms with Gasteiger partial charge in [-0.2, -0.15) is 0 Å². The molecule has 1 aliphatic carbocycles. The third-order valence-corrected chi connectivity index (χ3v) is 3.90. The molecule has 18 heavy (non-hydrogen) atoms. The summed E-state index contributed by atoms with van der Waals surface area (Å²) >= 11 is 0. The van der Waals surface area contributed by atoms with E-state index in [1.165, 1.54) is 25.7 Å². The Labute approximate surface area is 110 Å². The van der Waals surface area contributed by atoms with E-state index in [9.17, 15) is 4.79 Å². The fourth-order valence-corrected chi connectivity index (χ4v) is 2.85. The van der Waals surface area contributed by atoms with Crippen LogP contribution in [-0.4, -0.2) is 37.7 Å². The van der Waals surface area contributed by atoms with E-state index >= 15 is 0 Å². The van der Waals surface area contributed by atoms with Gasteiger partial charge in [-0.05, 0) is 25.7 Å². The molecule has 0 aromatic rings. The number of carbonyl (C=O) groups excluding carboxylic acids is 1. The van der Waals surface area contributed by atoms with Crippen molar-refractivity contribution < 1.29 is 9.53 Å². The van der Waals surface area contributed by atoms with Gasteiger partial charge in [0, 0.05) is 19.2 Å². The van der Waals surface area contributed by atoms with Crippen molar-refractivity contribution in [2.45, 2.75) is 63.5 Å². The van der Waals surface area contributed by atoms with Crippen LogP contribution in [0.3, 0.4) is 0 Å². The molecule has 2 aliphatic rings. The van der Waals surface area contributed by atoms with E-state index in [-0.39, 0.29) is 5.91 Å². The Balaban J connectivity index is 1.56. The van der Waals surface area contributed by atoms with Crippen LogP contribution in [-0.2, 0) is 9.53 Å². The van der Waals surface area contributed by atoms with Crippen molar-refractivity contribution in [3.05, 3.63) is 0 Å². The van der Waals surface area contributed by atoms with Gasteiger partial charge in [0.1, 0.15) is 0 Å². The predicted molar refractivity (Wildman–Crippen MR) is 71.5 cm³/mol. The minimum absolute atomic E-state index is 0.139. The number of carbonyl (C=O) groups is 1. The summed E-state index contributed by atoms with van der Waals surface area (Å²) in [6.45, 7) is 2.11. The van der Waals surface area contributed by atoms with E-state index < -0.39 is 0 Å². The molecular formula is C14H26N2O2. The summed E-state index contributed by atoms with van der Waals surface area (Å²) < 4.78 is 5.51. The van der Waals surface area contributed by atoms with Crippen LogP contribution in [0.1, 0.15) is 51.4 Å². The monoisotopic (exact) mass is 254 g/mol. The maximum Gasteiger partial charge on any atom is 0.234 e. The van der Waals surface area contributed by atoms with Crippen molar-refractivity contribution in [3.63, 3.8) is 0 Å². The van der Waals surface area contributed by atoms with E-state index in [0.29, 0.717) is 18.7 Å². The number of amides is 1. The van der Waals surface area contributed by atoms with Gasteiger partial charge in [0.05, 0.1) is 12.6 Å². The zero-order chi connectivity index (χ0) is 12.6. The molecule has 0 radical (unpaired) electrons. The molecule has 104 valence electrons. The smallest absolute Gasteiger partial charge is 0.234 e. The lowest BCUT2D eigenvalue weighted by Crippen LogP contribution is -2.41. The molecule has 4 heteroatoms. The highest BCUT2D eigenvalue weighted by Gasteiger charge is 2.17. The van der Waals surface area contributed by atoms with Crippen LogP contribution in [0.5, 0.6) is 0 Å². The number of hydrogen-bond donors (Lipinski definition) is 2. The number of nitrogens with one attached hydrogen (secondary N) is 2. The largest absolute Gasteiger partial charge is 0.377 e. The second kappa shape index (κ2) is 7.74. The zero-order valence-corrected chi connectivity index (χ0v) is 11.2. The van der Waals surface area contributed by atoms with Crippen LogP contribution in [0.25, 0.3) is 0 Å². The molecule has 1 saturated heterocycles. The Bertz CT molecular complexity index is 244. The molecule has 1 aliphatic heterocycles. The minimum Gasteiger partial charge on any atom is -0.377 e. The summed E-state index contributed by atoms with van der Waals surface area (Å²) in [5, 5.41) is 6.34. The lowest BCUT2D eigenvalue weighted by atomic mass is 10.1. The molecule has 2 rings (SSSR count). The number of rotatable bonds is 5. The fourth-order valence-electron chi connectivity index (χ4n) is 2.85. The molecule has 1 saturated carbocycles. The van der Waals surface area contributed by atoms with Crippen LogP contribution in [0.4, 0.5) is 0 Å².